The molecule has 1 fully saturated rings. The third kappa shape index (κ3) is 3.34. The first-order valence-corrected chi connectivity index (χ1v) is 9.76. The SMILES string of the molecule is Cc1ccc(NC(=O)CN2N=N[C@H]3C(=O)N(c4ccc(C)c(C)c4)C(=O)[C@H]32)cc1C. The van der Waals surface area contributed by atoms with E-state index in [1.54, 1.807) is 12.1 Å². The third-order valence-corrected chi connectivity index (χ3v) is 5.70. The molecule has 2 aliphatic heterocycles. The van der Waals surface area contributed by atoms with Gasteiger partial charge in [-0.25, -0.2) is 4.90 Å². The Labute approximate surface area is 174 Å². The highest BCUT2D eigenvalue weighted by molar-refractivity contribution is 6.25. The van der Waals surface area contributed by atoms with Crippen molar-refractivity contribution in [1.29, 1.82) is 0 Å². The number of hydrogen-bond acceptors (Lipinski definition) is 6. The average molecular weight is 405 g/mol. The lowest BCUT2D eigenvalue weighted by Gasteiger charge is -2.20. The van der Waals surface area contributed by atoms with E-state index in [0.29, 0.717) is 11.4 Å². The number of imide groups is 1. The molecular weight excluding hydrogens is 382 g/mol. The van der Waals surface area contributed by atoms with Gasteiger partial charge in [-0.1, -0.05) is 17.4 Å². The van der Waals surface area contributed by atoms with Crippen LogP contribution in [0.2, 0.25) is 0 Å². The van der Waals surface area contributed by atoms with Crippen molar-refractivity contribution in [2.75, 3.05) is 16.8 Å². The lowest BCUT2D eigenvalue weighted by atomic mass is 10.1. The van der Waals surface area contributed by atoms with Crippen LogP contribution in [0.1, 0.15) is 22.3 Å². The molecule has 0 aliphatic carbocycles. The molecule has 1 N–H and O–H groups in total. The van der Waals surface area contributed by atoms with Gasteiger partial charge in [-0.3, -0.25) is 19.4 Å². The second-order valence-corrected chi connectivity index (χ2v) is 7.82. The fourth-order valence-corrected chi connectivity index (χ4v) is 3.64. The van der Waals surface area contributed by atoms with Crippen molar-refractivity contribution < 1.29 is 14.4 Å². The van der Waals surface area contributed by atoms with E-state index in [-0.39, 0.29) is 12.5 Å². The Hall–Kier alpha value is -3.55. The van der Waals surface area contributed by atoms with Gasteiger partial charge in [0, 0.05) is 5.69 Å². The van der Waals surface area contributed by atoms with Gasteiger partial charge in [-0.05, 0) is 74.2 Å². The van der Waals surface area contributed by atoms with E-state index in [1.807, 2.05) is 52.0 Å². The zero-order valence-corrected chi connectivity index (χ0v) is 17.3. The minimum Gasteiger partial charge on any atom is -0.324 e. The molecular formula is C22H23N5O3. The molecule has 2 aromatic rings. The van der Waals surface area contributed by atoms with Crippen molar-refractivity contribution in [2.24, 2.45) is 10.3 Å². The van der Waals surface area contributed by atoms with Crippen LogP contribution in [0.15, 0.2) is 46.7 Å². The van der Waals surface area contributed by atoms with E-state index in [9.17, 15) is 14.4 Å². The summed E-state index contributed by atoms with van der Waals surface area (Å²) < 4.78 is 0. The molecule has 8 nitrogen and oxygen atoms in total. The van der Waals surface area contributed by atoms with Crippen LogP contribution in [0.5, 0.6) is 0 Å². The normalized spacial score (nSPS) is 20.1. The Morgan fingerprint density at radius 3 is 2.27 bits per heavy atom. The Morgan fingerprint density at radius 1 is 0.933 bits per heavy atom. The van der Waals surface area contributed by atoms with Crippen LogP contribution in [-0.4, -0.2) is 41.4 Å². The number of anilines is 2. The summed E-state index contributed by atoms with van der Waals surface area (Å²) >= 11 is 0. The van der Waals surface area contributed by atoms with E-state index in [2.05, 4.69) is 15.7 Å². The number of rotatable bonds is 4. The topological polar surface area (TPSA) is 94.4 Å². The van der Waals surface area contributed by atoms with Crippen LogP contribution in [0.25, 0.3) is 0 Å². The Balaban J connectivity index is 1.49. The smallest absolute Gasteiger partial charge is 0.263 e. The molecule has 8 heteroatoms. The van der Waals surface area contributed by atoms with Gasteiger partial charge < -0.3 is 5.32 Å². The van der Waals surface area contributed by atoms with E-state index in [4.69, 9.17) is 0 Å². The van der Waals surface area contributed by atoms with Gasteiger partial charge in [0.15, 0.2) is 12.1 Å². The fraction of sp³-hybridized carbons (Fsp3) is 0.318. The fourth-order valence-electron chi connectivity index (χ4n) is 3.64. The van der Waals surface area contributed by atoms with Crippen molar-refractivity contribution in [3.8, 4) is 0 Å². The number of carbonyl (C=O) groups excluding carboxylic acids is 3. The largest absolute Gasteiger partial charge is 0.324 e. The van der Waals surface area contributed by atoms with Gasteiger partial charge >= 0.3 is 0 Å². The van der Waals surface area contributed by atoms with E-state index in [0.717, 1.165) is 27.2 Å². The number of amides is 3. The Morgan fingerprint density at radius 2 is 1.60 bits per heavy atom. The van der Waals surface area contributed by atoms with Crippen molar-refractivity contribution in [3.63, 3.8) is 0 Å². The summed E-state index contributed by atoms with van der Waals surface area (Å²) in [4.78, 5) is 39.5. The van der Waals surface area contributed by atoms with Gasteiger partial charge in [-0.15, -0.1) is 0 Å². The first-order chi connectivity index (χ1) is 14.3. The maximum absolute atomic E-state index is 13.0. The number of nitrogens with zero attached hydrogens (tertiary/aromatic N) is 4. The predicted octanol–water partition coefficient (Wildman–Crippen LogP) is 2.85. The summed E-state index contributed by atoms with van der Waals surface area (Å²) in [6, 6.07) is 9.23. The highest BCUT2D eigenvalue weighted by atomic mass is 16.2. The number of nitrogens with one attached hydrogen (secondary N) is 1. The minimum absolute atomic E-state index is 0.169. The first-order valence-electron chi connectivity index (χ1n) is 9.76. The number of carbonyl (C=O) groups is 3. The van der Waals surface area contributed by atoms with Crippen LogP contribution in [-0.2, 0) is 14.4 Å². The average Bonchev–Trinajstić information content (AvgIpc) is 3.21. The highest BCUT2D eigenvalue weighted by Crippen LogP contribution is 2.32. The zero-order chi connectivity index (χ0) is 21.6. The van der Waals surface area contributed by atoms with Crippen LogP contribution in [0.4, 0.5) is 11.4 Å². The summed E-state index contributed by atoms with van der Waals surface area (Å²) in [6.45, 7) is 7.68. The molecule has 30 heavy (non-hydrogen) atoms. The number of aryl methyl sites for hydroxylation is 4. The second-order valence-electron chi connectivity index (χ2n) is 7.82. The number of hydrogen-bond donors (Lipinski definition) is 1. The van der Waals surface area contributed by atoms with Gasteiger partial charge in [0.2, 0.25) is 5.91 Å². The standard InChI is InChI=1S/C22H23N5O3/c1-12-5-7-16(9-14(12)3)23-18(28)11-26-20-19(24-25-26)21(29)27(22(20)30)17-8-6-13(2)15(4)10-17/h5-10,19-20H,11H2,1-4H3,(H,23,28)/t19-,20+/m1/s1. The molecule has 0 spiro atoms. The molecule has 3 amide bonds. The van der Waals surface area contributed by atoms with Crippen LogP contribution in [0, 0.1) is 27.7 Å². The predicted molar refractivity (Wildman–Crippen MR) is 112 cm³/mol. The third-order valence-electron chi connectivity index (χ3n) is 5.70. The molecule has 154 valence electrons. The Kier molecular flexibility index (Phi) is 4.85. The summed E-state index contributed by atoms with van der Waals surface area (Å²) in [7, 11) is 0. The maximum atomic E-state index is 13.0. The quantitative estimate of drug-likeness (QED) is 0.792. The van der Waals surface area contributed by atoms with Gasteiger partial charge in [0.1, 0.15) is 6.54 Å². The monoisotopic (exact) mass is 405 g/mol. The molecule has 1 saturated heterocycles. The van der Waals surface area contributed by atoms with E-state index < -0.39 is 23.9 Å². The molecule has 4 rings (SSSR count). The van der Waals surface area contributed by atoms with E-state index >= 15 is 0 Å². The van der Waals surface area contributed by atoms with Crippen molar-refractivity contribution in [1.82, 2.24) is 5.01 Å². The maximum Gasteiger partial charge on any atom is 0.263 e. The van der Waals surface area contributed by atoms with Crippen LogP contribution >= 0.6 is 0 Å². The molecule has 0 bridgehead atoms. The molecule has 2 atom stereocenters. The highest BCUT2D eigenvalue weighted by Gasteiger charge is 2.55. The molecule has 0 unspecified atom stereocenters. The summed E-state index contributed by atoms with van der Waals surface area (Å²) in [6.07, 6.45) is 0. The molecule has 2 heterocycles. The zero-order valence-electron chi connectivity index (χ0n) is 17.3. The minimum atomic E-state index is -0.923. The molecule has 0 radical (unpaired) electrons. The molecule has 2 aliphatic rings. The van der Waals surface area contributed by atoms with E-state index in [1.165, 1.54) is 5.01 Å². The van der Waals surface area contributed by atoms with Crippen molar-refractivity contribution in [2.45, 2.75) is 39.8 Å². The molecule has 2 aromatic carbocycles. The molecule has 0 aromatic heterocycles. The van der Waals surface area contributed by atoms with Crippen LogP contribution in [0.3, 0.4) is 0 Å². The van der Waals surface area contributed by atoms with Crippen molar-refractivity contribution in [3.05, 3.63) is 58.7 Å². The van der Waals surface area contributed by atoms with Crippen LogP contribution < -0.4 is 10.2 Å². The molecule has 0 saturated carbocycles. The second kappa shape index (κ2) is 7.37. The lowest BCUT2D eigenvalue weighted by molar-refractivity contribution is -0.123. The van der Waals surface area contributed by atoms with Gasteiger partial charge in [0.25, 0.3) is 11.8 Å². The first kappa shape index (κ1) is 19.8. The van der Waals surface area contributed by atoms with Gasteiger partial charge in [-0.2, -0.15) is 5.11 Å². The number of fused-ring (bicyclic) bond motifs is 1. The lowest BCUT2D eigenvalue weighted by Crippen LogP contribution is -2.43. The Bertz CT molecular complexity index is 1090. The van der Waals surface area contributed by atoms with Crippen molar-refractivity contribution >= 4 is 29.1 Å². The number of benzene rings is 2. The van der Waals surface area contributed by atoms with Gasteiger partial charge in [0.05, 0.1) is 5.69 Å². The summed E-state index contributed by atoms with van der Waals surface area (Å²) in [5.74, 6) is -1.17. The summed E-state index contributed by atoms with van der Waals surface area (Å²) in [5.41, 5.74) is 5.43. The summed E-state index contributed by atoms with van der Waals surface area (Å²) in [5, 5.41) is 12.0.